The van der Waals surface area contributed by atoms with Gasteiger partial charge in [-0.15, -0.1) is 0 Å². The van der Waals surface area contributed by atoms with Gasteiger partial charge in [-0.3, -0.25) is 5.10 Å². The van der Waals surface area contributed by atoms with Crippen molar-refractivity contribution in [2.75, 3.05) is 5.32 Å². The molecule has 0 atom stereocenters. The summed E-state index contributed by atoms with van der Waals surface area (Å²) in [4.78, 5) is 4.35. The van der Waals surface area contributed by atoms with Gasteiger partial charge in [-0.05, 0) is 19.9 Å². The monoisotopic (exact) mass is 242 g/mol. The highest BCUT2D eigenvalue weighted by Crippen LogP contribution is 2.15. The van der Waals surface area contributed by atoms with Crippen molar-refractivity contribution in [1.82, 2.24) is 24.8 Å². The fraction of sp³-hybridized carbons (Fsp3) is 0.250. The van der Waals surface area contributed by atoms with Crippen LogP contribution in [-0.4, -0.2) is 24.8 Å². The predicted octanol–water partition coefficient (Wildman–Crippen LogP) is 1.68. The molecule has 0 saturated heterocycles. The van der Waals surface area contributed by atoms with E-state index in [-0.39, 0.29) is 0 Å². The van der Waals surface area contributed by atoms with Gasteiger partial charge in [0.25, 0.3) is 0 Å². The van der Waals surface area contributed by atoms with Crippen molar-refractivity contribution in [1.29, 1.82) is 0 Å². The molecular formula is C12H14N6. The largest absolute Gasteiger partial charge is 0.364 e. The van der Waals surface area contributed by atoms with Crippen LogP contribution in [0.2, 0.25) is 0 Å². The molecule has 18 heavy (non-hydrogen) atoms. The fourth-order valence-corrected chi connectivity index (χ4v) is 1.91. The zero-order valence-electron chi connectivity index (χ0n) is 10.3. The van der Waals surface area contributed by atoms with Crippen LogP contribution in [0.25, 0.3) is 5.52 Å². The lowest BCUT2D eigenvalue weighted by atomic mass is 10.2. The highest BCUT2D eigenvalue weighted by atomic mass is 15.2. The first kappa shape index (κ1) is 10.8. The van der Waals surface area contributed by atoms with Crippen molar-refractivity contribution in [3.05, 3.63) is 41.6 Å². The van der Waals surface area contributed by atoms with Crippen LogP contribution in [0.15, 0.2) is 24.7 Å². The molecule has 3 aromatic rings. The second kappa shape index (κ2) is 4.14. The maximum atomic E-state index is 4.35. The molecule has 0 radical (unpaired) electrons. The Kier molecular flexibility index (Phi) is 2.47. The number of H-pyrrole nitrogens is 1. The Hall–Kier alpha value is -2.37. The first-order chi connectivity index (χ1) is 8.74. The van der Waals surface area contributed by atoms with E-state index in [0.29, 0.717) is 6.54 Å². The van der Waals surface area contributed by atoms with Crippen molar-refractivity contribution in [3.63, 3.8) is 0 Å². The lowest BCUT2D eigenvalue weighted by Gasteiger charge is -2.05. The summed E-state index contributed by atoms with van der Waals surface area (Å²) in [5.41, 5.74) is 4.16. The molecule has 0 amide bonds. The van der Waals surface area contributed by atoms with Crippen LogP contribution in [0.5, 0.6) is 0 Å². The van der Waals surface area contributed by atoms with Gasteiger partial charge in [0.1, 0.15) is 5.52 Å². The molecule has 0 spiro atoms. The van der Waals surface area contributed by atoms with Gasteiger partial charge < -0.3 is 5.32 Å². The molecule has 0 aliphatic carbocycles. The van der Waals surface area contributed by atoms with Crippen LogP contribution in [-0.2, 0) is 6.54 Å². The van der Waals surface area contributed by atoms with Gasteiger partial charge in [-0.2, -0.15) is 10.2 Å². The van der Waals surface area contributed by atoms with Crippen LogP contribution in [0.1, 0.15) is 17.0 Å². The first-order valence-electron chi connectivity index (χ1n) is 5.78. The molecule has 3 rings (SSSR count). The second-order valence-corrected chi connectivity index (χ2v) is 4.27. The van der Waals surface area contributed by atoms with E-state index in [4.69, 9.17) is 0 Å². The Bertz CT molecular complexity index is 681. The third kappa shape index (κ3) is 1.81. The van der Waals surface area contributed by atoms with Gasteiger partial charge in [0.2, 0.25) is 0 Å². The summed E-state index contributed by atoms with van der Waals surface area (Å²) in [6, 6.07) is 2.01. The minimum Gasteiger partial charge on any atom is -0.364 e. The smallest absolute Gasteiger partial charge is 0.152 e. The Morgan fingerprint density at radius 2 is 2.28 bits per heavy atom. The molecule has 0 unspecified atom stereocenters. The molecule has 2 N–H and O–H groups in total. The second-order valence-electron chi connectivity index (χ2n) is 4.27. The lowest BCUT2D eigenvalue weighted by Crippen LogP contribution is -2.03. The van der Waals surface area contributed by atoms with E-state index in [1.807, 2.05) is 36.8 Å². The molecule has 92 valence electrons. The van der Waals surface area contributed by atoms with Gasteiger partial charge in [0.15, 0.2) is 5.82 Å². The van der Waals surface area contributed by atoms with E-state index < -0.39 is 0 Å². The predicted molar refractivity (Wildman–Crippen MR) is 68.4 cm³/mol. The van der Waals surface area contributed by atoms with Gasteiger partial charge in [-0.25, -0.2) is 9.50 Å². The van der Waals surface area contributed by atoms with Crippen molar-refractivity contribution in [2.24, 2.45) is 0 Å². The number of nitrogens with zero attached hydrogens (tertiary/aromatic N) is 4. The SMILES string of the molecule is Cc1cc2c(NCc3cn[nH]c3C)nccn2n1. The molecule has 0 aliphatic rings. The number of anilines is 1. The van der Waals surface area contributed by atoms with E-state index in [1.54, 1.807) is 6.20 Å². The maximum Gasteiger partial charge on any atom is 0.152 e. The average molecular weight is 242 g/mol. The minimum absolute atomic E-state index is 0.694. The van der Waals surface area contributed by atoms with Crippen molar-refractivity contribution < 1.29 is 0 Å². The average Bonchev–Trinajstić information content (AvgIpc) is 2.91. The number of hydrogen-bond donors (Lipinski definition) is 2. The van der Waals surface area contributed by atoms with E-state index >= 15 is 0 Å². The number of rotatable bonds is 3. The maximum absolute atomic E-state index is 4.35. The highest BCUT2D eigenvalue weighted by molar-refractivity contribution is 5.67. The number of fused-ring (bicyclic) bond motifs is 1. The van der Waals surface area contributed by atoms with Crippen LogP contribution in [0, 0.1) is 13.8 Å². The van der Waals surface area contributed by atoms with Gasteiger partial charge in [-0.1, -0.05) is 0 Å². The summed E-state index contributed by atoms with van der Waals surface area (Å²) in [6.45, 7) is 4.66. The third-order valence-corrected chi connectivity index (χ3v) is 2.89. The van der Waals surface area contributed by atoms with Crippen LogP contribution < -0.4 is 5.32 Å². The number of aromatic nitrogens is 5. The number of nitrogens with one attached hydrogen (secondary N) is 2. The van der Waals surface area contributed by atoms with E-state index in [9.17, 15) is 0 Å². The molecular weight excluding hydrogens is 228 g/mol. The highest BCUT2D eigenvalue weighted by Gasteiger charge is 2.06. The van der Waals surface area contributed by atoms with E-state index in [2.05, 4.69) is 25.6 Å². The third-order valence-electron chi connectivity index (χ3n) is 2.89. The molecule has 0 aromatic carbocycles. The van der Waals surface area contributed by atoms with Gasteiger partial charge >= 0.3 is 0 Å². The Morgan fingerprint density at radius 1 is 1.39 bits per heavy atom. The fourth-order valence-electron chi connectivity index (χ4n) is 1.91. The molecule has 0 fully saturated rings. The molecule has 6 nitrogen and oxygen atoms in total. The topological polar surface area (TPSA) is 70.9 Å². The summed E-state index contributed by atoms with van der Waals surface area (Å²) in [5, 5.41) is 14.6. The van der Waals surface area contributed by atoms with Crippen LogP contribution in [0.4, 0.5) is 5.82 Å². The van der Waals surface area contributed by atoms with E-state index in [0.717, 1.165) is 28.3 Å². The zero-order valence-corrected chi connectivity index (χ0v) is 10.3. The summed E-state index contributed by atoms with van der Waals surface area (Å²) in [5.74, 6) is 0.832. The molecule has 0 aliphatic heterocycles. The minimum atomic E-state index is 0.694. The molecule has 3 aromatic heterocycles. The molecule has 6 heteroatoms. The molecule has 3 heterocycles. The molecule has 0 saturated carbocycles. The van der Waals surface area contributed by atoms with E-state index in [1.165, 1.54) is 0 Å². The summed E-state index contributed by atoms with van der Waals surface area (Å²) in [6.07, 6.45) is 5.41. The van der Waals surface area contributed by atoms with Gasteiger partial charge in [0.05, 0.1) is 11.9 Å². The summed E-state index contributed by atoms with van der Waals surface area (Å²) >= 11 is 0. The Balaban J connectivity index is 1.88. The number of aromatic amines is 1. The molecule has 0 bridgehead atoms. The van der Waals surface area contributed by atoms with Gasteiger partial charge in [0, 0.05) is 30.2 Å². The standard InChI is InChI=1S/C12H14N6/c1-8-5-11-12(13-3-4-18(11)17-8)14-6-10-7-15-16-9(10)2/h3-5,7H,6H2,1-2H3,(H,13,14)(H,15,16). The Morgan fingerprint density at radius 3 is 3.06 bits per heavy atom. The summed E-state index contributed by atoms with van der Waals surface area (Å²) < 4.78 is 1.83. The summed E-state index contributed by atoms with van der Waals surface area (Å²) in [7, 11) is 0. The first-order valence-corrected chi connectivity index (χ1v) is 5.78. The Labute approximate surface area is 104 Å². The van der Waals surface area contributed by atoms with Crippen molar-refractivity contribution in [2.45, 2.75) is 20.4 Å². The quantitative estimate of drug-likeness (QED) is 0.733. The lowest BCUT2D eigenvalue weighted by molar-refractivity contribution is 0.919. The van der Waals surface area contributed by atoms with Crippen LogP contribution >= 0.6 is 0 Å². The van der Waals surface area contributed by atoms with Crippen LogP contribution in [0.3, 0.4) is 0 Å². The van der Waals surface area contributed by atoms with Crippen molar-refractivity contribution in [3.8, 4) is 0 Å². The number of hydrogen-bond acceptors (Lipinski definition) is 4. The number of aryl methyl sites for hydroxylation is 2. The zero-order chi connectivity index (χ0) is 12.5. The normalized spacial score (nSPS) is 11.0. The van der Waals surface area contributed by atoms with Crippen molar-refractivity contribution >= 4 is 11.3 Å².